The number of carbonyl (C=O) groups is 4. The summed E-state index contributed by atoms with van der Waals surface area (Å²) in [5.74, 6) is -0.411. The van der Waals surface area contributed by atoms with E-state index in [0.29, 0.717) is 18.9 Å². The zero-order chi connectivity index (χ0) is 14.3. The van der Waals surface area contributed by atoms with Crippen LogP contribution in [-0.4, -0.2) is 42.8 Å². The molecule has 0 bridgehead atoms. The number of likely N-dealkylation sites (N-methyl/N-ethyl adjacent to an activating group) is 1. The molecule has 0 spiro atoms. The van der Waals surface area contributed by atoms with Crippen molar-refractivity contribution in [3.63, 3.8) is 0 Å². The van der Waals surface area contributed by atoms with E-state index in [0.717, 1.165) is 0 Å². The van der Waals surface area contributed by atoms with Crippen molar-refractivity contribution in [2.75, 3.05) is 7.05 Å². The van der Waals surface area contributed by atoms with Gasteiger partial charge in [-0.2, -0.15) is 0 Å². The number of nitrogens with zero attached hydrogens (tertiary/aromatic N) is 1. The van der Waals surface area contributed by atoms with Gasteiger partial charge in [0.25, 0.3) is 5.91 Å². The molecule has 100 valence electrons. The van der Waals surface area contributed by atoms with E-state index in [-0.39, 0.29) is 24.0 Å². The van der Waals surface area contributed by atoms with Crippen molar-refractivity contribution >= 4 is 24.8 Å². The second-order valence-electron chi connectivity index (χ2n) is 4.07. The minimum Gasteiger partial charge on any atom is -0.332 e. The molecule has 1 unspecified atom stereocenters. The SMILES string of the molecule is CN(C(=O)c1ccccc1C=O)C(C=O)CCC=O. The lowest BCUT2D eigenvalue weighted by Crippen LogP contribution is -2.38. The topological polar surface area (TPSA) is 71.5 Å². The van der Waals surface area contributed by atoms with Crippen molar-refractivity contribution in [3.8, 4) is 0 Å². The molecule has 0 saturated carbocycles. The van der Waals surface area contributed by atoms with E-state index in [1.807, 2.05) is 0 Å². The molecule has 0 fully saturated rings. The van der Waals surface area contributed by atoms with Gasteiger partial charge in [0.2, 0.25) is 0 Å². The highest BCUT2D eigenvalue weighted by atomic mass is 16.2. The van der Waals surface area contributed by atoms with E-state index in [2.05, 4.69) is 0 Å². The summed E-state index contributed by atoms with van der Waals surface area (Å²) < 4.78 is 0. The fraction of sp³-hybridized carbons (Fsp3) is 0.286. The van der Waals surface area contributed by atoms with Crippen molar-refractivity contribution in [1.29, 1.82) is 0 Å². The first-order valence-corrected chi connectivity index (χ1v) is 5.86. The first-order chi connectivity index (χ1) is 9.15. The largest absolute Gasteiger partial charge is 0.332 e. The van der Waals surface area contributed by atoms with Crippen molar-refractivity contribution in [2.24, 2.45) is 0 Å². The number of hydrogen-bond donors (Lipinski definition) is 0. The summed E-state index contributed by atoms with van der Waals surface area (Å²) in [5, 5.41) is 0. The molecule has 0 aromatic heterocycles. The molecule has 0 N–H and O–H groups in total. The van der Waals surface area contributed by atoms with E-state index in [1.165, 1.54) is 24.1 Å². The number of amides is 1. The Morgan fingerprint density at radius 3 is 2.53 bits per heavy atom. The molecule has 19 heavy (non-hydrogen) atoms. The van der Waals surface area contributed by atoms with E-state index >= 15 is 0 Å². The molecule has 5 nitrogen and oxygen atoms in total. The monoisotopic (exact) mass is 261 g/mol. The molecule has 1 aromatic rings. The van der Waals surface area contributed by atoms with Gasteiger partial charge in [-0.05, 0) is 12.5 Å². The molecule has 0 aliphatic carbocycles. The summed E-state index contributed by atoms with van der Waals surface area (Å²) in [6.07, 6.45) is 2.41. The molecule has 1 atom stereocenters. The number of carbonyl (C=O) groups excluding carboxylic acids is 4. The maximum atomic E-state index is 12.2. The van der Waals surface area contributed by atoms with Crippen LogP contribution in [0.2, 0.25) is 0 Å². The Hall–Kier alpha value is -2.30. The van der Waals surface area contributed by atoms with Gasteiger partial charge in [0, 0.05) is 19.0 Å². The molecule has 5 heteroatoms. The highest BCUT2D eigenvalue weighted by Gasteiger charge is 2.21. The number of hydrogen-bond acceptors (Lipinski definition) is 4. The van der Waals surface area contributed by atoms with Gasteiger partial charge in [0.15, 0.2) is 6.29 Å². The molecular formula is C14H15NO4. The van der Waals surface area contributed by atoms with Crippen LogP contribution in [0, 0.1) is 0 Å². The molecular weight excluding hydrogens is 246 g/mol. The van der Waals surface area contributed by atoms with Gasteiger partial charge in [-0.25, -0.2) is 0 Å². The predicted octanol–water partition coefficient (Wildman–Crippen LogP) is 1.12. The van der Waals surface area contributed by atoms with E-state index in [1.54, 1.807) is 12.1 Å². The number of benzene rings is 1. The zero-order valence-corrected chi connectivity index (χ0v) is 10.6. The van der Waals surface area contributed by atoms with Gasteiger partial charge in [-0.1, -0.05) is 18.2 Å². The Morgan fingerprint density at radius 1 is 1.26 bits per heavy atom. The van der Waals surface area contributed by atoms with Gasteiger partial charge >= 0.3 is 0 Å². The molecule has 0 radical (unpaired) electrons. The summed E-state index contributed by atoms with van der Waals surface area (Å²) in [4.78, 5) is 45.6. The van der Waals surface area contributed by atoms with Crippen molar-refractivity contribution in [1.82, 2.24) is 4.90 Å². The third-order valence-corrected chi connectivity index (χ3v) is 2.87. The van der Waals surface area contributed by atoms with Crippen LogP contribution >= 0.6 is 0 Å². The van der Waals surface area contributed by atoms with Crippen LogP contribution in [0.1, 0.15) is 33.6 Å². The summed E-state index contributed by atoms with van der Waals surface area (Å²) in [6, 6.07) is 5.71. The van der Waals surface area contributed by atoms with Crippen LogP contribution in [0.5, 0.6) is 0 Å². The van der Waals surface area contributed by atoms with Gasteiger partial charge < -0.3 is 14.5 Å². The Labute approximate surface area is 111 Å². The summed E-state index contributed by atoms with van der Waals surface area (Å²) in [5.41, 5.74) is 0.525. The van der Waals surface area contributed by atoms with Crippen LogP contribution in [0.15, 0.2) is 24.3 Å². The fourth-order valence-electron chi connectivity index (χ4n) is 1.73. The minimum atomic E-state index is -0.669. The molecule has 0 aliphatic heterocycles. The third kappa shape index (κ3) is 3.58. The Balaban J connectivity index is 2.94. The molecule has 1 aromatic carbocycles. The second-order valence-corrected chi connectivity index (χ2v) is 4.07. The van der Waals surface area contributed by atoms with Crippen LogP contribution in [-0.2, 0) is 9.59 Å². The summed E-state index contributed by atoms with van der Waals surface area (Å²) >= 11 is 0. The average molecular weight is 261 g/mol. The van der Waals surface area contributed by atoms with Crippen LogP contribution in [0.4, 0.5) is 0 Å². The highest BCUT2D eigenvalue weighted by molar-refractivity contribution is 6.02. The zero-order valence-electron chi connectivity index (χ0n) is 10.6. The van der Waals surface area contributed by atoms with E-state index < -0.39 is 11.9 Å². The van der Waals surface area contributed by atoms with Crippen molar-refractivity contribution < 1.29 is 19.2 Å². The summed E-state index contributed by atoms with van der Waals surface area (Å²) in [7, 11) is 1.48. The molecule has 1 rings (SSSR count). The Morgan fingerprint density at radius 2 is 1.95 bits per heavy atom. The fourth-order valence-corrected chi connectivity index (χ4v) is 1.73. The first-order valence-electron chi connectivity index (χ1n) is 5.86. The maximum absolute atomic E-state index is 12.2. The van der Waals surface area contributed by atoms with Gasteiger partial charge in [-0.3, -0.25) is 9.59 Å². The molecule has 0 aliphatic rings. The third-order valence-electron chi connectivity index (χ3n) is 2.87. The molecule has 0 saturated heterocycles. The lowest BCUT2D eigenvalue weighted by atomic mass is 10.1. The van der Waals surface area contributed by atoms with E-state index in [9.17, 15) is 19.2 Å². The Kier molecular flexibility index (Phi) is 5.60. The first kappa shape index (κ1) is 14.8. The predicted molar refractivity (Wildman–Crippen MR) is 69.1 cm³/mol. The second kappa shape index (κ2) is 7.20. The van der Waals surface area contributed by atoms with Crippen LogP contribution < -0.4 is 0 Å². The van der Waals surface area contributed by atoms with Gasteiger partial charge in [0.05, 0.1) is 11.6 Å². The summed E-state index contributed by atoms with van der Waals surface area (Å²) in [6.45, 7) is 0. The van der Waals surface area contributed by atoms with Gasteiger partial charge in [0.1, 0.15) is 12.6 Å². The quantitative estimate of drug-likeness (QED) is 0.689. The molecule has 1 amide bonds. The lowest BCUT2D eigenvalue weighted by molar-refractivity contribution is -0.112. The standard InChI is InChI=1S/C14H15NO4/c1-15(12(10-18)6-4-8-16)14(19)13-7-3-2-5-11(13)9-17/h2-3,5,7-10,12H,4,6H2,1H3. The number of aldehydes is 3. The van der Waals surface area contributed by atoms with Crippen LogP contribution in [0.25, 0.3) is 0 Å². The van der Waals surface area contributed by atoms with Gasteiger partial charge in [-0.15, -0.1) is 0 Å². The van der Waals surface area contributed by atoms with E-state index in [4.69, 9.17) is 0 Å². The average Bonchev–Trinajstić information content (AvgIpc) is 2.46. The normalized spacial score (nSPS) is 11.4. The Bertz CT molecular complexity index is 484. The smallest absolute Gasteiger partial charge is 0.254 e. The maximum Gasteiger partial charge on any atom is 0.254 e. The minimum absolute atomic E-state index is 0.205. The molecule has 0 heterocycles. The number of rotatable bonds is 7. The van der Waals surface area contributed by atoms with Crippen molar-refractivity contribution in [3.05, 3.63) is 35.4 Å². The lowest BCUT2D eigenvalue weighted by Gasteiger charge is -2.23. The highest BCUT2D eigenvalue weighted by Crippen LogP contribution is 2.12. The van der Waals surface area contributed by atoms with Crippen molar-refractivity contribution in [2.45, 2.75) is 18.9 Å². The van der Waals surface area contributed by atoms with Crippen LogP contribution in [0.3, 0.4) is 0 Å².